The summed E-state index contributed by atoms with van der Waals surface area (Å²) in [6, 6.07) is 12.4. The Morgan fingerprint density at radius 1 is 1.19 bits per heavy atom. The van der Waals surface area contributed by atoms with E-state index >= 15 is 0 Å². The Labute approximate surface area is 183 Å². The molecule has 0 radical (unpaired) electrons. The standard InChI is InChI=1S/C23H28N2O5S/c1-3-4-15-30-22-12-11-20(29-2)17-21(22)24-23(26)13-8-18-6-9-19(10-7-18)25-14-5-16-31(25,27)28/h6-13,17H,3-5,14-16H2,1-2H3,(H,24,26)/b13-8+. The number of ether oxygens (including phenoxy) is 2. The molecule has 8 heteroatoms. The molecule has 0 aromatic heterocycles. The van der Waals surface area contributed by atoms with Gasteiger partial charge in [-0.3, -0.25) is 9.10 Å². The maximum Gasteiger partial charge on any atom is 0.248 e. The average Bonchev–Trinajstić information content (AvgIpc) is 3.12. The summed E-state index contributed by atoms with van der Waals surface area (Å²) in [4.78, 5) is 12.4. The first-order valence-corrected chi connectivity index (χ1v) is 11.9. The fraction of sp³-hybridized carbons (Fsp3) is 0.348. The minimum atomic E-state index is -3.20. The van der Waals surface area contributed by atoms with E-state index in [1.165, 1.54) is 10.4 Å². The highest BCUT2D eigenvalue weighted by molar-refractivity contribution is 7.93. The molecule has 1 aliphatic heterocycles. The molecule has 2 aromatic carbocycles. The van der Waals surface area contributed by atoms with Gasteiger partial charge in [0.2, 0.25) is 15.9 Å². The van der Waals surface area contributed by atoms with Crippen molar-refractivity contribution in [2.24, 2.45) is 0 Å². The quantitative estimate of drug-likeness (QED) is 0.466. The Kier molecular flexibility index (Phi) is 7.57. The molecule has 0 unspecified atom stereocenters. The molecule has 0 atom stereocenters. The van der Waals surface area contributed by atoms with Gasteiger partial charge in [-0.1, -0.05) is 25.5 Å². The molecule has 0 spiro atoms. The van der Waals surface area contributed by atoms with Crippen LogP contribution in [0, 0.1) is 0 Å². The summed E-state index contributed by atoms with van der Waals surface area (Å²) in [5.41, 5.74) is 1.98. The van der Waals surface area contributed by atoms with Gasteiger partial charge < -0.3 is 14.8 Å². The zero-order chi connectivity index (χ0) is 22.3. The first-order valence-electron chi connectivity index (χ1n) is 10.3. The third kappa shape index (κ3) is 6.01. The van der Waals surface area contributed by atoms with Crippen molar-refractivity contribution < 1.29 is 22.7 Å². The van der Waals surface area contributed by atoms with Crippen LogP contribution in [0.4, 0.5) is 11.4 Å². The van der Waals surface area contributed by atoms with Crippen LogP contribution in [0.3, 0.4) is 0 Å². The molecule has 0 bridgehead atoms. The molecule has 3 rings (SSSR count). The van der Waals surface area contributed by atoms with Gasteiger partial charge >= 0.3 is 0 Å². The van der Waals surface area contributed by atoms with Gasteiger partial charge in [0.15, 0.2) is 0 Å². The summed E-state index contributed by atoms with van der Waals surface area (Å²) in [5, 5.41) is 2.83. The predicted molar refractivity (Wildman–Crippen MR) is 123 cm³/mol. The van der Waals surface area contributed by atoms with Gasteiger partial charge in [0.25, 0.3) is 0 Å². The number of carbonyl (C=O) groups excluding carboxylic acids is 1. The number of nitrogens with one attached hydrogen (secondary N) is 1. The van der Waals surface area contributed by atoms with Crippen LogP contribution in [0.25, 0.3) is 6.08 Å². The summed E-state index contributed by atoms with van der Waals surface area (Å²) in [6.45, 7) is 3.16. The van der Waals surface area contributed by atoms with Crippen LogP contribution in [0.2, 0.25) is 0 Å². The zero-order valence-corrected chi connectivity index (χ0v) is 18.7. The van der Waals surface area contributed by atoms with Crippen LogP contribution in [-0.4, -0.2) is 40.3 Å². The third-order valence-electron chi connectivity index (χ3n) is 4.91. The molecule has 1 fully saturated rings. The van der Waals surface area contributed by atoms with Crippen LogP contribution < -0.4 is 19.1 Å². The van der Waals surface area contributed by atoms with E-state index in [9.17, 15) is 13.2 Å². The topological polar surface area (TPSA) is 84.9 Å². The molecule has 1 heterocycles. The number of carbonyl (C=O) groups is 1. The molecule has 166 valence electrons. The Hall–Kier alpha value is -3.00. The first-order chi connectivity index (χ1) is 14.9. The largest absolute Gasteiger partial charge is 0.497 e. The average molecular weight is 445 g/mol. The molecule has 7 nitrogen and oxygen atoms in total. The van der Waals surface area contributed by atoms with E-state index < -0.39 is 10.0 Å². The monoisotopic (exact) mass is 444 g/mol. The van der Waals surface area contributed by atoms with Crippen LogP contribution in [0.5, 0.6) is 11.5 Å². The highest BCUT2D eigenvalue weighted by atomic mass is 32.2. The fourth-order valence-electron chi connectivity index (χ4n) is 3.21. The summed E-state index contributed by atoms with van der Waals surface area (Å²) in [7, 11) is -1.64. The van der Waals surface area contributed by atoms with E-state index in [0.29, 0.717) is 42.4 Å². The fourth-order valence-corrected chi connectivity index (χ4v) is 4.78. The van der Waals surface area contributed by atoms with E-state index in [1.807, 2.05) is 0 Å². The van der Waals surface area contributed by atoms with Crippen molar-refractivity contribution in [2.75, 3.05) is 35.6 Å². The number of amides is 1. The molecule has 1 N–H and O–H groups in total. The molecular weight excluding hydrogens is 416 g/mol. The minimum Gasteiger partial charge on any atom is -0.497 e. The lowest BCUT2D eigenvalue weighted by atomic mass is 10.2. The van der Waals surface area contributed by atoms with Crippen LogP contribution >= 0.6 is 0 Å². The first kappa shape index (κ1) is 22.7. The number of nitrogens with zero attached hydrogens (tertiary/aromatic N) is 1. The molecule has 1 aliphatic rings. The number of methoxy groups -OCH3 is 1. The molecule has 0 saturated carbocycles. The van der Waals surface area contributed by atoms with Crippen molar-refractivity contribution in [1.82, 2.24) is 0 Å². The predicted octanol–water partition coefficient (Wildman–Crippen LogP) is 4.07. The highest BCUT2D eigenvalue weighted by Gasteiger charge is 2.28. The van der Waals surface area contributed by atoms with Crippen LogP contribution in [0.1, 0.15) is 31.7 Å². The van der Waals surface area contributed by atoms with Crippen molar-refractivity contribution in [3.63, 3.8) is 0 Å². The number of benzene rings is 2. The van der Waals surface area contributed by atoms with E-state index in [1.54, 1.807) is 55.7 Å². The van der Waals surface area contributed by atoms with Crippen molar-refractivity contribution in [1.29, 1.82) is 0 Å². The normalized spacial score (nSPS) is 15.2. The van der Waals surface area contributed by atoms with Gasteiger partial charge in [0.1, 0.15) is 11.5 Å². The summed E-state index contributed by atoms with van der Waals surface area (Å²) in [5.74, 6) is 1.09. The number of rotatable bonds is 9. The lowest BCUT2D eigenvalue weighted by Crippen LogP contribution is -2.24. The van der Waals surface area contributed by atoms with Crippen molar-refractivity contribution in [3.8, 4) is 11.5 Å². The Balaban J connectivity index is 1.66. The van der Waals surface area contributed by atoms with Crippen LogP contribution in [0.15, 0.2) is 48.5 Å². The third-order valence-corrected chi connectivity index (χ3v) is 6.78. The molecule has 2 aromatic rings. The van der Waals surface area contributed by atoms with E-state index in [0.717, 1.165) is 18.4 Å². The highest BCUT2D eigenvalue weighted by Crippen LogP contribution is 2.29. The second-order valence-electron chi connectivity index (χ2n) is 7.22. The molecule has 1 amide bonds. The Morgan fingerprint density at radius 2 is 1.97 bits per heavy atom. The van der Waals surface area contributed by atoms with Crippen molar-refractivity contribution >= 4 is 33.4 Å². The van der Waals surface area contributed by atoms with E-state index in [-0.39, 0.29) is 11.7 Å². The number of hydrogen-bond donors (Lipinski definition) is 1. The smallest absolute Gasteiger partial charge is 0.248 e. The van der Waals surface area contributed by atoms with Crippen molar-refractivity contribution in [2.45, 2.75) is 26.2 Å². The summed E-state index contributed by atoms with van der Waals surface area (Å²) < 4.78 is 36.5. The number of sulfonamides is 1. The molecular formula is C23H28N2O5S. The SMILES string of the molecule is CCCCOc1ccc(OC)cc1NC(=O)/C=C/c1ccc(N2CCCS2(=O)=O)cc1. The maximum absolute atomic E-state index is 12.4. The molecule has 0 aliphatic carbocycles. The molecule has 31 heavy (non-hydrogen) atoms. The maximum atomic E-state index is 12.4. The van der Waals surface area contributed by atoms with Gasteiger partial charge in [0.05, 0.1) is 30.8 Å². The molecule has 1 saturated heterocycles. The lowest BCUT2D eigenvalue weighted by Gasteiger charge is -2.16. The zero-order valence-electron chi connectivity index (χ0n) is 17.8. The van der Waals surface area contributed by atoms with E-state index in [2.05, 4.69) is 12.2 Å². The second kappa shape index (κ2) is 10.3. The van der Waals surface area contributed by atoms with E-state index in [4.69, 9.17) is 9.47 Å². The summed E-state index contributed by atoms with van der Waals surface area (Å²) >= 11 is 0. The number of anilines is 2. The summed E-state index contributed by atoms with van der Waals surface area (Å²) in [6.07, 6.45) is 5.68. The van der Waals surface area contributed by atoms with Gasteiger partial charge in [-0.05, 0) is 48.7 Å². The van der Waals surface area contributed by atoms with Gasteiger partial charge in [0, 0.05) is 18.7 Å². The lowest BCUT2D eigenvalue weighted by molar-refractivity contribution is -0.111. The van der Waals surface area contributed by atoms with Crippen molar-refractivity contribution in [3.05, 3.63) is 54.1 Å². The Bertz CT molecular complexity index is 1030. The minimum absolute atomic E-state index is 0.184. The van der Waals surface area contributed by atoms with Gasteiger partial charge in [-0.25, -0.2) is 8.42 Å². The van der Waals surface area contributed by atoms with Gasteiger partial charge in [-0.15, -0.1) is 0 Å². The second-order valence-corrected chi connectivity index (χ2v) is 9.23. The van der Waals surface area contributed by atoms with Gasteiger partial charge in [-0.2, -0.15) is 0 Å². The number of unbranched alkanes of at least 4 members (excludes halogenated alkanes) is 1. The number of hydrogen-bond acceptors (Lipinski definition) is 5. The van der Waals surface area contributed by atoms with Crippen LogP contribution in [-0.2, 0) is 14.8 Å². The Morgan fingerprint density at radius 3 is 2.61 bits per heavy atom.